The van der Waals surface area contributed by atoms with Gasteiger partial charge in [0.05, 0.1) is 0 Å². The minimum Gasteiger partial charge on any atom is -0.0921 e. The molecule has 0 aromatic heterocycles. The van der Waals surface area contributed by atoms with Crippen molar-refractivity contribution in [1.82, 2.24) is 0 Å². The molecule has 1 aromatic rings. The summed E-state index contributed by atoms with van der Waals surface area (Å²) in [6.45, 7) is 4.51. The Hall–Kier alpha value is -0.0100. The largest absolute Gasteiger partial charge is 0.0921 e. The maximum absolute atomic E-state index is 5.85. The molecule has 14 heavy (non-hydrogen) atoms. The average molecular weight is 276 g/mol. The highest BCUT2D eigenvalue weighted by molar-refractivity contribution is 9.09. The van der Waals surface area contributed by atoms with Gasteiger partial charge in [0.2, 0.25) is 0 Å². The Morgan fingerprint density at radius 1 is 1.21 bits per heavy atom. The molecule has 0 fully saturated rings. The van der Waals surface area contributed by atoms with E-state index >= 15 is 0 Å². The molecule has 1 atom stereocenters. The van der Waals surface area contributed by atoms with E-state index in [0.717, 1.165) is 16.3 Å². The molecular formula is C12H16BrCl. The molecule has 0 aliphatic heterocycles. The second kappa shape index (κ2) is 5.77. The van der Waals surface area contributed by atoms with Crippen LogP contribution in [0.25, 0.3) is 0 Å². The molecule has 1 aromatic carbocycles. The zero-order chi connectivity index (χ0) is 10.6. The van der Waals surface area contributed by atoms with Gasteiger partial charge in [-0.1, -0.05) is 53.5 Å². The van der Waals surface area contributed by atoms with Gasteiger partial charge < -0.3 is 0 Å². The number of rotatable bonds is 4. The van der Waals surface area contributed by atoms with Gasteiger partial charge in [0.15, 0.2) is 0 Å². The molecule has 0 N–H and O–H groups in total. The van der Waals surface area contributed by atoms with Crippen LogP contribution in [0, 0.1) is 5.92 Å². The molecule has 0 nitrogen and oxygen atoms in total. The predicted octanol–water partition coefficient (Wildman–Crippen LogP) is 4.86. The van der Waals surface area contributed by atoms with Crippen LogP contribution in [0.5, 0.6) is 0 Å². The van der Waals surface area contributed by atoms with Crippen LogP contribution in [0.2, 0.25) is 5.02 Å². The van der Waals surface area contributed by atoms with E-state index < -0.39 is 0 Å². The fourth-order valence-corrected chi connectivity index (χ4v) is 2.36. The molecule has 0 amide bonds. The van der Waals surface area contributed by atoms with Crippen LogP contribution in [0.15, 0.2) is 24.3 Å². The molecule has 0 aliphatic rings. The average Bonchev–Trinajstić information content (AvgIpc) is 2.15. The summed E-state index contributed by atoms with van der Waals surface area (Å²) in [5.41, 5.74) is 1.37. The van der Waals surface area contributed by atoms with Crippen LogP contribution in [-0.2, 0) is 0 Å². The van der Waals surface area contributed by atoms with E-state index in [4.69, 9.17) is 11.6 Å². The summed E-state index contributed by atoms with van der Waals surface area (Å²) >= 11 is 9.42. The first-order valence-corrected chi connectivity index (χ1v) is 6.45. The summed E-state index contributed by atoms with van der Waals surface area (Å²) in [5, 5.41) is 1.83. The second-order valence-corrected chi connectivity index (χ2v) is 5.12. The van der Waals surface area contributed by atoms with Crippen molar-refractivity contribution < 1.29 is 0 Å². The van der Waals surface area contributed by atoms with Gasteiger partial charge in [0.25, 0.3) is 0 Å². The fraction of sp³-hybridized carbons (Fsp3) is 0.500. The smallest absolute Gasteiger partial charge is 0.0406 e. The predicted molar refractivity (Wildman–Crippen MR) is 67.4 cm³/mol. The van der Waals surface area contributed by atoms with Crippen molar-refractivity contribution in [2.24, 2.45) is 5.92 Å². The molecule has 78 valence electrons. The number of alkyl halides is 1. The van der Waals surface area contributed by atoms with E-state index in [-0.39, 0.29) is 0 Å². The molecule has 2 heteroatoms. The molecule has 0 saturated heterocycles. The third-order valence-electron chi connectivity index (χ3n) is 2.28. The first-order valence-electron chi connectivity index (χ1n) is 4.95. The Labute approximate surface area is 99.8 Å². The van der Waals surface area contributed by atoms with Crippen LogP contribution in [0.3, 0.4) is 0 Å². The van der Waals surface area contributed by atoms with E-state index in [1.165, 1.54) is 12.0 Å². The van der Waals surface area contributed by atoms with Crippen LogP contribution in [0.4, 0.5) is 0 Å². The summed E-state index contributed by atoms with van der Waals surface area (Å²) < 4.78 is 0. The Morgan fingerprint density at radius 2 is 1.79 bits per heavy atom. The molecule has 0 aliphatic carbocycles. The van der Waals surface area contributed by atoms with E-state index in [0.29, 0.717) is 5.92 Å². The molecule has 1 unspecified atom stereocenters. The van der Waals surface area contributed by atoms with Gasteiger partial charge in [0.1, 0.15) is 0 Å². The quantitative estimate of drug-likeness (QED) is 0.688. The third-order valence-corrected chi connectivity index (χ3v) is 3.32. The van der Waals surface area contributed by atoms with Crippen LogP contribution < -0.4 is 0 Å². The van der Waals surface area contributed by atoms with Crippen LogP contribution >= 0.6 is 27.5 Å². The van der Waals surface area contributed by atoms with Crippen LogP contribution in [-0.4, -0.2) is 5.33 Å². The highest BCUT2D eigenvalue weighted by atomic mass is 79.9. The molecule has 0 spiro atoms. The lowest BCUT2D eigenvalue weighted by Gasteiger charge is -2.16. The normalized spacial score (nSPS) is 13.2. The molecular weight excluding hydrogens is 259 g/mol. The minimum absolute atomic E-state index is 0.604. The van der Waals surface area contributed by atoms with Crippen molar-refractivity contribution in [3.8, 4) is 0 Å². The zero-order valence-electron chi connectivity index (χ0n) is 8.63. The van der Waals surface area contributed by atoms with E-state index in [1.807, 2.05) is 12.1 Å². The highest BCUT2D eigenvalue weighted by Crippen LogP contribution is 2.26. The number of hydrogen-bond acceptors (Lipinski definition) is 0. The lowest BCUT2D eigenvalue weighted by Crippen LogP contribution is -2.04. The molecule has 0 bridgehead atoms. The van der Waals surface area contributed by atoms with Gasteiger partial charge in [-0.3, -0.25) is 0 Å². The van der Waals surface area contributed by atoms with Crippen molar-refractivity contribution in [3.05, 3.63) is 34.9 Å². The summed E-state index contributed by atoms with van der Waals surface area (Å²) in [6.07, 6.45) is 1.22. The van der Waals surface area contributed by atoms with Crippen LogP contribution in [0.1, 0.15) is 31.7 Å². The molecule has 0 radical (unpaired) electrons. The molecule has 0 saturated carbocycles. The summed E-state index contributed by atoms with van der Waals surface area (Å²) in [7, 11) is 0. The molecule has 0 heterocycles. The first kappa shape index (κ1) is 12.1. The highest BCUT2D eigenvalue weighted by Gasteiger charge is 2.11. The van der Waals surface area contributed by atoms with Crippen molar-refractivity contribution in [3.63, 3.8) is 0 Å². The molecule has 1 rings (SSSR count). The van der Waals surface area contributed by atoms with Gasteiger partial charge >= 0.3 is 0 Å². The lowest BCUT2D eigenvalue weighted by atomic mass is 9.92. The monoisotopic (exact) mass is 274 g/mol. The fourth-order valence-electron chi connectivity index (χ4n) is 1.59. The number of benzene rings is 1. The minimum atomic E-state index is 0.604. The Morgan fingerprint density at radius 3 is 2.21 bits per heavy atom. The van der Waals surface area contributed by atoms with Crippen molar-refractivity contribution in [1.29, 1.82) is 0 Å². The van der Waals surface area contributed by atoms with E-state index in [9.17, 15) is 0 Å². The zero-order valence-corrected chi connectivity index (χ0v) is 11.0. The summed E-state index contributed by atoms with van der Waals surface area (Å²) in [5.74, 6) is 1.33. The number of halogens is 2. The van der Waals surface area contributed by atoms with Crippen molar-refractivity contribution in [2.75, 3.05) is 5.33 Å². The van der Waals surface area contributed by atoms with Gasteiger partial charge in [-0.25, -0.2) is 0 Å². The topological polar surface area (TPSA) is 0 Å². The van der Waals surface area contributed by atoms with Gasteiger partial charge in [-0.2, -0.15) is 0 Å². The summed E-state index contributed by atoms with van der Waals surface area (Å²) in [4.78, 5) is 0. The van der Waals surface area contributed by atoms with Crippen molar-refractivity contribution >= 4 is 27.5 Å². The summed E-state index contributed by atoms with van der Waals surface area (Å²) in [6, 6.07) is 8.17. The first-order chi connectivity index (χ1) is 6.63. The Kier molecular flexibility index (Phi) is 4.97. The number of hydrogen-bond donors (Lipinski definition) is 0. The van der Waals surface area contributed by atoms with E-state index in [2.05, 4.69) is 41.9 Å². The van der Waals surface area contributed by atoms with Gasteiger partial charge in [0, 0.05) is 10.4 Å². The third kappa shape index (κ3) is 3.62. The van der Waals surface area contributed by atoms with Crippen molar-refractivity contribution in [2.45, 2.75) is 26.2 Å². The lowest BCUT2D eigenvalue weighted by molar-refractivity contribution is 0.529. The maximum Gasteiger partial charge on any atom is 0.0406 e. The van der Waals surface area contributed by atoms with Gasteiger partial charge in [-0.05, 0) is 36.0 Å². The standard InChI is InChI=1S/C12H16BrCl/c1-9(2)7-11(8-13)10-3-5-12(14)6-4-10/h3-6,9,11H,7-8H2,1-2H3. The Balaban J connectivity index is 2.73. The second-order valence-electron chi connectivity index (χ2n) is 4.03. The maximum atomic E-state index is 5.85. The van der Waals surface area contributed by atoms with E-state index in [1.54, 1.807) is 0 Å². The SMILES string of the molecule is CC(C)CC(CBr)c1ccc(Cl)cc1. The van der Waals surface area contributed by atoms with Gasteiger partial charge in [-0.15, -0.1) is 0 Å². The Bertz CT molecular complexity index is 266.